The average molecular weight is 375 g/mol. The quantitative estimate of drug-likeness (QED) is 0.761. The van der Waals surface area contributed by atoms with Crippen molar-refractivity contribution in [2.24, 2.45) is 5.92 Å². The predicted octanol–water partition coefficient (Wildman–Crippen LogP) is 3.22. The van der Waals surface area contributed by atoms with E-state index in [0.29, 0.717) is 11.2 Å². The van der Waals surface area contributed by atoms with Crippen LogP contribution in [0.5, 0.6) is 0 Å². The zero-order valence-corrected chi connectivity index (χ0v) is 14.5. The van der Waals surface area contributed by atoms with Gasteiger partial charge in [0.15, 0.2) is 10.9 Å². The van der Waals surface area contributed by atoms with Crippen LogP contribution in [0.15, 0.2) is 30.7 Å². The first-order valence-corrected chi connectivity index (χ1v) is 8.99. The maximum absolute atomic E-state index is 13.8. The van der Waals surface area contributed by atoms with Gasteiger partial charge in [-0.25, -0.2) is 23.7 Å². The second-order valence-electron chi connectivity index (χ2n) is 6.10. The van der Waals surface area contributed by atoms with Gasteiger partial charge in [-0.05, 0) is 25.0 Å². The minimum Gasteiger partial charge on any atom is -0.356 e. The number of carbonyl (C=O) groups excluding carboxylic acids is 1. The Balaban J connectivity index is 1.48. The van der Waals surface area contributed by atoms with E-state index < -0.39 is 11.6 Å². The normalized spacial score (nSPS) is 17.5. The lowest BCUT2D eigenvalue weighted by atomic mass is 9.97. The molecule has 0 aliphatic carbocycles. The Kier molecular flexibility index (Phi) is 4.46. The number of aromatic nitrogens is 3. The molecule has 0 saturated carbocycles. The second kappa shape index (κ2) is 6.91. The lowest BCUT2D eigenvalue weighted by molar-refractivity contribution is -0.120. The van der Waals surface area contributed by atoms with Gasteiger partial charge in [0.25, 0.3) is 0 Å². The van der Waals surface area contributed by atoms with E-state index in [0.717, 1.165) is 42.6 Å². The molecule has 1 amide bonds. The first kappa shape index (κ1) is 16.8. The smallest absolute Gasteiger partial charge is 0.231 e. The number of nitrogens with zero attached hydrogens (tertiary/aromatic N) is 4. The summed E-state index contributed by atoms with van der Waals surface area (Å²) in [4.78, 5) is 26.8. The van der Waals surface area contributed by atoms with Crippen molar-refractivity contribution in [1.82, 2.24) is 15.0 Å². The lowest BCUT2D eigenvalue weighted by Crippen LogP contribution is -2.41. The van der Waals surface area contributed by atoms with Crippen LogP contribution in [-0.2, 0) is 4.79 Å². The number of hydrogen-bond donors (Lipinski definition) is 1. The van der Waals surface area contributed by atoms with Crippen molar-refractivity contribution in [3.8, 4) is 0 Å². The lowest BCUT2D eigenvalue weighted by Gasteiger charge is -2.32. The van der Waals surface area contributed by atoms with Crippen molar-refractivity contribution >= 4 is 38.4 Å². The minimum atomic E-state index is -0.732. The highest BCUT2D eigenvalue weighted by atomic mass is 32.1. The van der Waals surface area contributed by atoms with Gasteiger partial charge in [-0.15, -0.1) is 0 Å². The molecule has 6 nitrogen and oxygen atoms in total. The van der Waals surface area contributed by atoms with Crippen LogP contribution in [0.1, 0.15) is 12.8 Å². The molecule has 0 bridgehead atoms. The summed E-state index contributed by atoms with van der Waals surface area (Å²) < 4.78 is 27.4. The largest absolute Gasteiger partial charge is 0.356 e. The maximum atomic E-state index is 13.8. The summed E-state index contributed by atoms with van der Waals surface area (Å²) in [5, 5.41) is 3.01. The summed E-state index contributed by atoms with van der Waals surface area (Å²) in [6.45, 7) is 1.36. The van der Waals surface area contributed by atoms with E-state index in [2.05, 4.69) is 20.3 Å². The summed E-state index contributed by atoms with van der Waals surface area (Å²) in [6.07, 6.45) is 4.76. The van der Waals surface area contributed by atoms with Gasteiger partial charge in [0.2, 0.25) is 5.91 Å². The number of halogens is 2. The Bertz CT molecular complexity index is 949. The fourth-order valence-electron chi connectivity index (χ4n) is 3.09. The van der Waals surface area contributed by atoms with E-state index in [4.69, 9.17) is 0 Å². The van der Waals surface area contributed by atoms with E-state index in [-0.39, 0.29) is 22.5 Å². The SMILES string of the molecule is O=C(Nc1nc2c(F)cc(F)cc2s1)C1CCCN(c2ccncn2)C1. The van der Waals surface area contributed by atoms with Crippen LogP contribution in [-0.4, -0.2) is 33.9 Å². The number of nitrogens with one attached hydrogen (secondary N) is 1. The van der Waals surface area contributed by atoms with Crippen molar-refractivity contribution in [2.45, 2.75) is 12.8 Å². The molecule has 1 saturated heterocycles. The fraction of sp³-hybridized carbons (Fsp3) is 0.294. The van der Waals surface area contributed by atoms with Crippen LogP contribution in [0.2, 0.25) is 0 Å². The molecule has 1 aromatic carbocycles. The topological polar surface area (TPSA) is 71.0 Å². The summed E-state index contributed by atoms with van der Waals surface area (Å²) >= 11 is 1.06. The number of rotatable bonds is 3. The van der Waals surface area contributed by atoms with Gasteiger partial charge in [0, 0.05) is 25.4 Å². The maximum Gasteiger partial charge on any atom is 0.231 e. The van der Waals surface area contributed by atoms with Gasteiger partial charge in [0.05, 0.1) is 10.6 Å². The van der Waals surface area contributed by atoms with Crippen LogP contribution >= 0.6 is 11.3 Å². The molecule has 2 aromatic heterocycles. The van der Waals surface area contributed by atoms with Gasteiger partial charge < -0.3 is 10.2 Å². The van der Waals surface area contributed by atoms with Crippen LogP contribution in [0, 0.1) is 17.6 Å². The first-order valence-electron chi connectivity index (χ1n) is 8.17. The summed E-state index contributed by atoms with van der Waals surface area (Å²) in [6, 6.07) is 3.81. The summed E-state index contributed by atoms with van der Waals surface area (Å²) in [5.74, 6) is -1.01. The molecule has 1 unspecified atom stereocenters. The van der Waals surface area contributed by atoms with Crippen LogP contribution in [0.3, 0.4) is 0 Å². The molecule has 3 aromatic rings. The molecule has 9 heteroatoms. The van der Waals surface area contributed by atoms with Gasteiger partial charge in [-0.2, -0.15) is 0 Å². The van der Waals surface area contributed by atoms with E-state index in [9.17, 15) is 13.6 Å². The Hall–Kier alpha value is -2.68. The molecule has 1 atom stereocenters. The van der Waals surface area contributed by atoms with E-state index in [1.807, 2.05) is 11.0 Å². The summed E-state index contributed by atoms with van der Waals surface area (Å²) in [5.41, 5.74) is 0.0676. The third-order valence-electron chi connectivity index (χ3n) is 4.33. The van der Waals surface area contributed by atoms with Crippen LogP contribution in [0.4, 0.5) is 19.7 Å². The Morgan fingerprint density at radius 2 is 2.23 bits per heavy atom. The first-order chi connectivity index (χ1) is 12.6. The number of piperidine rings is 1. The molecule has 134 valence electrons. The summed E-state index contributed by atoms with van der Waals surface area (Å²) in [7, 11) is 0. The van der Waals surface area contributed by atoms with E-state index in [1.165, 1.54) is 12.4 Å². The van der Waals surface area contributed by atoms with Gasteiger partial charge in [-0.1, -0.05) is 11.3 Å². The van der Waals surface area contributed by atoms with E-state index >= 15 is 0 Å². The molecule has 26 heavy (non-hydrogen) atoms. The second-order valence-corrected chi connectivity index (χ2v) is 7.13. The number of anilines is 2. The van der Waals surface area contributed by atoms with Gasteiger partial charge >= 0.3 is 0 Å². The zero-order chi connectivity index (χ0) is 18.1. The Labute approximate surface area is 151 Å². The fourth-order valence-corrected chi connectivity index (χ4v) is 4.00. The average Bonchev–Trinajstić information content (AvgIpc) is 3.05. The van der Waals surface area contributed by atoms with Crippen LogP contribution in [0.25, 0.3) is 10.2 Å². The van der Waals surface area contributed by atoms with Crippen molar-refractivity contribution in [3.63, 3.8) is 0 Å². The zero-order valence-electron chi connectivity index (χ0n) is 13.7. The number of fused-ring (bicyclic) bond motifs is 1. The molecule has 1 fully saturated rings. The molecule has 1 N–H and O–H groups in total. The predicted molar refractivity (Wildman–Crippen MR) is 95.1 cm³/mol. The number of benzene rings is 1. The number of thiazole rings is 1. The highest BCUT2D eigenvalue weighted by Gasteiger charge is 2.27. The highest BCUT2D eigenvalue weighted by Crippen LogP contribution is 2.30. The number of hydrogen-bond acceptors (Lipinski definition) is 6. The molecular weight excluding hydrogens is 360 g/mol. The monoisotopic (exact) mass is 375 g/mol. The van der Waals surface area contributed by atoms with Crippen molar-refractivity contribution < 1.29 is 13.6 Å². The van der Waals surface area contributed by atoms with Gasteiger partial charge in [-0.3, -0.25) is 4.79 Å². The van der Waals surface area contributed by atoms with Crippen molar-refractivity contribution in [3.05, 3.63) is 42.4 Å². The van der Waals surface area contributed by atoms with Crippen LogP contribution < -0.4 is 10.2 Å². The number of carbonyl (C=O) groups is 1. The molecule has 1 aliphatic heterocycles. The molecule has 4 rings (SSSR count). The van der Waals surface area contributed by atoms with Crippen molar-refractivity contribution in [1.29, 1.82) is 0 Å². The molecule has 0 spiro atoms. The Morgan fingerprint density at radius 1 is 1.35 bits per heavy atom. The highest BCUT2D eigenvalue weighted by molar-refractivity contribution is 7.22. The third-order valence-corrected chi connectivity index (χ3v) is 5.24. The standard InChI is InChI=1S/C17H15F2N5OS/c18-11-6-12(19)15-13(7-11)26-17(22-15)23-16(25)10-2-1-5-24(8-10)14-3-4-20-9-21-14/h3-4,6-7,9-10H,1-2,5,8H2,(H,22,23,25). The molecular formula is C17H15F2N5OS. The van der Waals surface area contributed by atoms with E-state index in [1.54, 1.807) is 6.20 Å². The Morgan fingerprint density at radius 3 is 3.04 bits per heavy atom. The molecule has 1 aliphatic rings. The molecule has 3 heterocycles. The van der Waals surface area contributed by atoms with Gasteiger partial charge in [0.1, 0.15) is 23.5 Å². The minimum absolute atomic E-state index is 0.0676. The third kappa shape index (κ3) is 3.34. The van der Waals surface area contributed by atoms with Crippen molar-refractivity contribution in [2.75, 3.05) is 23.3 Å². The number of amides is 1. The molecule has 0 radical (unpaired) electrons.